The minimum absolute atomic E-state index is 0.302. The monoisotopic (exact) mass is 298 g/mol. The molecule has 1 N–H and O–H groups in total. The first-order chi connectivity index (χ1) is 9.97. The smallest absolute Gasteiger partial charge is 0.303 e. The van der Waals surface area contributed by atoms with Gasteiger partial charge in [0.25, 0.3) is 0 Å². The van der Waals surface area contributed by atoms with Crippen molar-refractivity contribution < 1.29 is 9.90 Å². The molecule has 0 saturated carbocycles. The summed E-state index contributed by atoms with van der Waals surface area (Å²) in [5, 5.41) is 8.82. The quantitative estimate of drug-likeness (QED) is 0.383. The van der Waals surface area contributed by atoms with Crippen LogP contribution in [-0.2, 0) is 4.79 Å². The van der Waals surface area contributed by atoms with E-state index in [0.717, 1.165) is 5.92 Å². The maximum atomic E-state index is 10.7. The van der Waals surface area contributed by atoms with Gasteiger partial charge in [0.05, 0.1) is 0 Å². The van der Waals surface area contributed by atoms with Crippen LogP contribution in [0.1, 0.15) is 98.3 Å². The third-order valence-corrected chi connectivity index (χ3v) is 4.87. The zero-order valence-electron chi connectivity index (χ0n) is 14.9. The first kappa shape index (κ1) is 20.5. The summed E-state index contributed by atoms with van der Waals surface area (Å²) in [6.45, 7) is 8.91. The Hall–Kier alpha value is -0.530. The largest absolute Gasteiger partial charge is 0.481 e. The standard InChI is InChI=1S/C19H38O2/c1-5-6-7-8-9-10-12-16(2)13-11-14-17(3)18(4)15-19(20)21/h16-18H,5-15H2,1-4H3,(H,20,21)/t16?,17-,18-/m0/s1. The Bertz CT molecular complexity index is 250. The first-order valence-corrected chi connectivity index (χ1v) is 9.19. The maximum Gasteiger partial charge on any atom is 0.303 e. The molecule has 1 unspecified atom stereocenters. The SMILES string of the molecule is CCCCCCCCC(C)CCC[C@H](C)[C@@H](C)CC(=O)O. The van der Waals surface area contributed by atoms with E-state index in [1.54, 1.807) is 0 Å². The summed E-state index contributed by atoms with van der Waals surface area (Å²) in [6.07, 6.45) is 13.7. The predicted molar refractivity (Wildman–Crippen MR) is 91.6 cm³/mol. The molecular formula is C19H38O2. The minimum Gasteiger partial charge on any atom is -0.481 e. The van der Waals surface area contributed by atoms with E-state index >= 15 is 0 Å². The Morgan fingerprint density at radius 1 is 0.810 bits per heavy atom. The summed E-state index contributed by atoms with van der Waals surface area (Å²) in [6, 6.07) is 0. The van der Waals surface area contributed by atoms with E-state index in [1.807, 2.05) is 0 Å². The summed E-state index contributed by atoms with van der Waals surface area (Å²) in [7, 11) is 0. The summed E-state index contributed by atoms with van der Waals surface area (Å²) in [5.74, 6) is 1.00. The van der Waals surface area contributed by atoms with Crippen LogP contribution in [0, 0.1) is 17.8 Å². The first-order valence-electron chi connectivity index (χ1n) is 9.19. The van der Waals surface area contributed by atoms with Gasteiger partial charge in [-0.2, -0.15) is 0 Å². The van der Waals surface area contributed by atoms with E-state index < -0.39 is 5.97 Å². The molecule has 0 spiro atoms. The van der Waals surface area contributed by atoms with Gasteiger partial charge in [-0.25, -0.2) is 0 Å². The molecular weight excluding hydrogens is 260 g/mol. The molecule has 0 rings (SSSR count). The Morgan fingerprint density at radius 2 is 1.38 bits per heavy atom. The normalized spacial score (nSPS) is 15.6. The summed E-state index contributed by atoms with van der Waals surface area (Å²) in [5.41, 5.74) is 0. The van der Waals surface area contributed by atoms with Crippen molar-refractivity contribution in [3.05, 3.63) is 0 Å². The van der Waals surface area contributed by atoms with Crippen LogP contribution in [0.3, 0.4) is 0 Å². The minimum atomic E-state index is -0.661. The van der Waals surface area contributed by atoms with Crippen LogP contribution in [-0.4, -0.2) is 11.1 Å². The molecule has 0 aromatic heterocycles. The van der Waals surface area contributed by atoms with E-state index in [4.69, 9.17) is 5.11 Å². The second-order valence-corrected chi connectivity index (χ2v) is 7.14. The highest BCUT2D eigenvalue weighted by molar-refractivity contribution is 5.66. The van der Waals surface area contributed by atoms with Gasteiger partial charge in [0.15, 0.2) is 0 Å². The lowest BCUT2D eigenvalue weighted by molar-refractivity contribution is -0.138. The van der Waals surface area contributed by atoms with Gasteiger partial charge in [-0.15, -0.1) is 0 Å². The van der Waals surface area contributed by atoms with E-state index in [1.165, 1.54) is 64.2 Å². The Balaban J connectivity index is 3.51. The number of carboxylic acid groups (broad SMARTS) is 1. The highest BCUT2D eigenvalue weighted by atomic mass is 16.4. The molecule has 21 heavy (non-hydrogen) atoms. The van der Waals surface area contributed by atoms with Gasteiger partial charge >= 0.3 is 5.97 Å². The van der Waals surface area contributed by atoms with Gasteiger partial charge in [0, 0.05) is 6.42 Å². The van der Waals surface area contributed by atoms with Gasteiger partial charge in [-0.1, -0.05) is 91.9 Å². The Labute approximate surface area is 132 Å². The van der Waals surface area contributed by atoms with Crippen molar-refractivity contribution in [2.45, 2.75) is 98.3 Å². The van der Waals surface area contributed by atoms with Crippen LogP contribution in [0.4, 0.5) is 0 Å². The fourth-order valence-electron chi connectivity index (χ4n) is 2.97. The van der Waals surface area contributed by atoms with Crippen LogP contribution in [0.25, 0.3) is 0 Å². The van der Waals surface area contributed by atoms with Crippen LogP contribution in [0.15, 0.2) is 0 Å². The molecule has 0 heterocycles. The van der Waals surface area contributed by atoms with Gasteiger partial charge < -0.3 is 5.11 Å². The van der Waals surface area contributed by atoms with Gasteiger partial charge in [-0.05, 0) is 17.8 Å². The molecule has 0 aromatic rings. The van der Waals surface area contributed by atoms with Crippen molar-refractivity contribution >= 4 is 5.97 Å². The molecule has 0 aliphatic carbocycles. The number of rotatable bonds is 14. The summed E-state index contributed by atoms with van der Waals surface area (Å²) < 4.78 is 0. The second kappa shape index (κ2) is 13.2. The lowest BCUT2D eigenvalue weighted by Crippen LogP contribution is -2.13. The van der Waals surface area contributed by atoms with Gasteiger partial charge in [0.1, 0.15) is 0 Å². The molecule has 0 saturated heterocycles. The average molecular weight is 299 g/mol. The molecule has 2 nitrogen and oxygen atoms in total. The molecule has 2 heteroatoms. The highest BCUT2D eigenvalue weighted by Crippen LogP contribution is 2.23. The molecule has 3 atom stereocenters. The lowest BCUT2D eigenvalue weighted by Gasteiger charge is -2.19. The summed E-state index contributed by atoms with van der Waals surface area (Å²) in [4.78, 5) is 10.7. The van der Waals surface area contributed by atoms with Crippen molar-refractivity contribution in [3.63, 3.8) is 0 Å². The molecule has 126 valence electrons. The van der Waals surface area contributed by atoms with Gasteiger partial charge in [0.2, 0.25) is 0 Å². The van der Waals surface area contributed by atoms with Crippen molar-refractivity contribution in [2.75, 3.05) is 0 Å². The van der Waals surface area contributed by atoms with Crippen LogP contribution >= 0.6 is 0 Å². The molecule has 0 aromatic carbocycles. The average Bonchev–Trinajstić information content (AvgIpc) is 2.41. The second-order valence-electron chi connectivity index (χ2n) is 7.14. The molecule has 0 fully saturated rings. The number of carbonyl (C=O) groups is 1. The number of hydrogen-bond acceptors (Lipinski definition) is 1. The molecule has 0 radical (unpaired) electrons. The van der Waals surface area contributed by atoms with E-state index in [-0.39, 0.29) is 0 Å². The van der Waals surface area contributed by atoms with E-state index in [9.17, 15) is 4.79 Å². The van der Waals surface area contributed by atoms with Crippen molar-refractivity contribution in [1.82, 2.24) is 0 Å². The lowest BCUT2D eigenvalue weighted by atomic mass is 9.87. The Kier molecular flexibility index (Phi) is 12.8. The van der Waals surface area contributed by atoms with E-state index in [2.05, 4.69) is 27.7 Å². The third-order valence-electron chi connectivity index (χ3n) is 4.87. The van der Waals surface area contributed by atoms with Crippen molar-refractivity contribution in [3.8, 4) is 0 Å². The number of unbranched alkanes of at least 4 members (excludes halogenated alkanes) is 5. The topological polar surface area (TPSA) is 37.3 Å². The zero-order valence-corrected chi connectivity index (χ0v) is 14.9. The fourth-order valence-corrected chi connectivity index (χ4v) is 2.97. The van der Waals surface area contributed by atoms with Crippen LogP contribution in [0.5, 0.6) is 0 Å². The highest BCUT2D eigenvalue weighted by Gasteiger charge is 2.15. The van der Waals surface area contributed by atoms with Crippen molar-refractivity contribution in [1.29, 1.82) is 0 Å². The predicted octanol–water partition coefficient (Wildman–Crippen LogP) is 6.29. The van der Waals surface area contributed by atoms with Crippen LogP contribution < -0.4 is 0 Å². The van der Waals surface area contributed by atoms with Gasteiger partial charge in [-0.3, -0.25) is 4.79 Å². The molecule has 0 aliphatic rings. The van der Waals surface area contributed by atoms with Crippen LogP contribution in [0.2, 0.25) is 0 Å². The van der Waals surface area contributed by atoms with E-state index in [0.29, 0.717) is 18.3 Å². The maximum absolute atomic E-state index is 10.7. The zero-order chi connectivity index (χ0) is 16.1. The van der Waals surface area contributed by atoms with Crippen molar-refractivity contribution in [2.24, 2.45) is 17.8 Å². The Morgan fingerprint density at radius 3 is 2.00 bits per heavy atom. The summed E-state index contributed by atoms with van der Waals surface area (Å²) >= 11 is 0. The molecule has 0 amide bonds. The molecule has 0 bridgehead atoms. The number of carboxylic acids is 1. The fraction of sp³-hybridized carbons (Fsp3) is 0.947. The molecule has 0 aliphatic heterocycles. The number of hydrogen-bond donors (Lipinski definition) is 1. The number of aliphatic carboxylic acids is 1. The third kappa shape index (κ3) is 12.9.